The zero-order valence-corrected chi connectivity index (χ0v) is 26.9. The van der Waals surface area contributed by atoms with Crippen molar-refractivity contribution in [2.24, 2.45) is 5.92 Å². The highest BCUT2D eigenvalue weighted by Gasteiger charge is 2.20. The number of nitrogen functional groups attached to an aromatic ring is 1. The maximum atomic E-state index is 13.7. The molecule has 9 heteroatoms. The Morgan fingerprint density at radius 1 is 0.872 bits per heavy atom. The second-order valence-electron chi connectivity index (χ2n) is 11.9. The fourth-order valence-corrected chi connectivity index (χ4v) is 5.93. The zero-order chi connectivity index (χ0) is 32.9. The van der Waals surface area contributed by atoms with Crippen molar-refractivity contribution < 1.29 is 19.0 Å². The van der Waals surface area contributed by atoms with Gasteiger partial charge in [-0.2, -0.15) is 0 Å². The molecule has 0 spiro atoms. The Morgan fingerprint density at radius 3 is 2.32 bits per heavy atom. The molecule has 2 N–H and O–H groups in total. The van der Waals surface area contributed by atoms with Gasteiger partial charge in [0.15, 0.2) is 17.3 Å². The number of anilines is 1. The Morgan fingerprint density at radius 2 is 1.62 bits per heavy atom. The van der Waals surface area contributed by atoms with Gasteiger partial charge in [0.05, 0.1) is 31.0 Å². The lowest BCUT2D eigenvalue weighted by atomic mass is 9.97. The monoisotopic (exact) mass is 630 g/mol. The summed E-state index contributed by atoms with van der Waals surface area (Å²) in [5.41, 5.74) is 12.3. The Balaban J connectivity index is 1.26. The number of nitrogens with two attached hydrogens (primary N) is 1. The third-order valence-corrected chi connectivity index (χ3v) is 8.64. The van der Waals surface area contributed by atoms with Gasteiger partial charge in [0, 0.05) is 62.1 Å². The Kier molecular flexibility index (Phi) is 9.45. The van der Waals surface area contributed by atoms with Crippen molar-refractivity contribution in [2.45, 2.75) is 32.7 Å². The SMILES string of the molecule is COc1ccc(-c2cnc(N)c(-c3ccc(CC(=O)c4cn(CC5CCOCC5)cc(-c5ccc(C)cn5)c4=O)cc3)c2)cc1OC. The number of rotatable bonds is 10. The number of benzene rings is 2. The number of carbonyl (C=O) groups excluding carboxylic acids is 1. The number of Topliss-reactive ketones (excluding diaryl/α,β-unsaturated/α-hetero) is 1. The molecule has 0 bridgehead atoms. The minimum atomic E-state index is -0.308. The van der Waals surface area contributed by atoms with Crippen LogP contribution < -0.4 is 20.6 Å². The van der Waals surface area contributed by atoms with Gasteiger partial charge in [0.2, 0.25) is 5.43 Å². The van der Waals surface area contributed by atoms with Crippen LogP contribution in [0.4, 0.5) is 5.82 Å². The summed E-state index contributed by atoms with van der Waals surface area (Å²) < 4.78 is 18.3. The van der Waals surface area contributed by atoms with E-state index >= 15 is 0 Å². The van der Waals surface area contributed by atoms with Crippen LogP contribution in [0.1, 0.15) is 34.3 Å². The van der Waals surface area contributed by atoms with Crippen LogP contribution in [0.15, 0.2) is 90.2 Å². The van der Waals surface area contributed by atoms with Gasteiger partial charge in [0.1, 0.15) is 5.82 Å². The summed E-state index contributed by atoms with van der Waals surface area (Å²) in [4.78, 5) is 36.4. The van der Waals surface area contributed by atoms with E-state index in [2.05, 4.69) is 9.97 Å². The van der Waals surface area contributed by atoms with Gasteiger partial charge in [-0.1, -0.05) is 36.4 Å². The van der Waals surface area contributed by atoms with Gasteiger partial charge in [-0.15, -0.1) is 0 Å². The second-order valence-corrected chi connectivity index (χ2v) is 11.9. The van der Waals surface area contributed by atoms with Crippen molar-refractivity contribution in [1.82, 2.24) is 14.5 Å². The van der Waals surface area contributed by atoms with Gasteiger partial charge in [-0.05, 0) is 72.2 Å². The molecule has 9 nitrogen and oxygen atoms in total. The number of ketones is 1. The lowest BCUT2D eigenvalue weighted by Crippen LogP contribution is -2.25. The van der Waals surface area contributed by atoms with Gasteiger partial charge >= 0.3 is 0 Å². The Hall–Kier alpha value is -5.28. The van der Waals surface area contributed by atoms with E-state index in [0.29, 0.717) is 41.0 Å². The third-order valence-electron chi connectivity index (χ3n) is 8.64. The molecule has 1 aliphatic heterocycles. The van der Waals surface area contributed by atoms with E-state index in [0.717, 1.165) is 59.4 Å². The number of carbonyl (C=O) groups is 1. The molecule has 5 aromatic rings. The number of pyridine rings is 3. The van der Waals surface area contributed by atoms with Crippen molar-refractivity contribution in [3.05, 3.63) is 112 Å². The lowest BCUT2D eigenvalue weighted by Gasteiger charge is -2.23. The van der Waals surface area contributed by atoms with Crippen LogP contribution in [0.25, 0.3) is 33.5 Å². The molecule has 1 saturated heterocycles. The molecule has 47 heavy (non-hydrogen) atoms. The van der Waals surface area contributed by atoms with Crippen LogP contribution in [0, 0.1) is 12.8 Å². The first-order valence-corrected chi connectivity index (χ1v) is 15.7. The molecular formula is C38H38N4O5. The molecule has 0 amide bonds. The number of hydrogen-bond acceptors (Lipinski definition) is 8. The second kappa shape index (κ2) is 14.0. The summed E-state index contributed by atoms with van der Waals surface area (Å²) in [5, 5.41) is 0. The normalized spacial score (nSPS) is 13.3. The van der Waals surface area contributed by atoms with Crippen LogP contribution in [-0.4, -0.2) is 47.8 Å². The van der Waals surface area contributed by atoms with Crippen LogP contribution in [0.3, 0.4) is 0 Å². The number of hydrogen-bond donors (Lipinski definition) is 1. The number of nitrogens with zero attached hydrogens (tertiary/aromatic N) is 3. The molecule has 1 fully saturated rings. The predicted octanol–water partition coefficient (Wildman–Crippen LogP) is 6.40. The number of aryl methyl sites for hydroxylation is 1. The standard InChI is InChI=1S/C38H38N4O5/c1-24-4-10-33(40-19-24)31-22-42(21-26-12-14-47-15-13-26)23-32(37(31)44)34(43)16-25-5-7-27(8-6-25)30-17-29(20-41-38(30)39)28-9-11-35(45-2)36(18-28)46-3/h4-11,17-20,22-23,26H,12-16,21H2,1-3H3,(H2,39,41). The van der Waals surface area contributed by atoms with Crippen LogP contribution in [-0.2, 0) is 17.7 Å². The van der Waals surface area contributed by atoms with E-state index in [1.165, 1.54) is 0 Å². The molecular weight excluding hydrogens is 592 g/mol. The number of ether oxygens (including phenoxy) is 3. The summed E-state index contributed by atoms with van der Waals surface area (Å²) in [6.45, 7) is 4.10. The van der Waals surface area contributed by atoms with E-state index < -0.39 is 0 Å². The minimum absolute atomic E-state index is 0.0803. The molecule has 240 valence electrons. The Labute approximate surface area is 274 Å². The van der Waals surface area contributed by atoms with Crippen LogP contribution >= 0.6 is 0 Å². The fourth-order valence-electron chi connectivity index (χ4n) is 5.93. The van der Waals surface area contributed by atoms with E-state index in [1.807, 2.05) is 78.4 Å². The summed E-state index contributed by atoms with van der Waals surface area (Å²) >= 11 is 0. The first-order chi connectivity index (χ1) is 22.8. The molecule has 0 unspecified atom stereocenters. The van der Waals surface area contributed by atoms with Crippen molar-refractivity contribution in [1.29, 1.82) is 0 Å². The summed E-state index contributed by atoms with van der Waals surface area (Å²) in [7, 11) is 3.20. The number of methoxy groups -OCH3 is 2. The maximum absolute atomic E-state index is 13.7. The zero-order valence-electron chi connectivity index (χ0n) is 26.9. The van der Waals surface area contributed by atoms with E-state index in [1.54, 1.807) is 32.8 Å². The van der Waals surface area contributed by atoms with Crippen molar-refractivity contribution >= 4 is 11.6 Å². The highest BCUT2D eigenvalue weighted by molar-refractivity contribution is 5.98. The summed E-state index contributed by atoms with van der Waals surface area (Å²) in [5.74, 6) is 1.82. The van der Waals surface area contributed by atoms with Gasteiger partial charge in [-0.25, -0.2) is 4.98 Å². The van der Waals surface area contributed by atoms with Gasteiger partial charge < -0.3 is 24.5 Å². The first-order valence-electron chi connectivity index (χ1n) is 15.7. The number of aromatic nitrogens is 3. The van der Waals surface area contributed by atoms with Gasteiger partial charge in [0.25, 0.3) is 0 Å². The van der Waals surface area contributed by atoms with E-state index in [4.69, 9.17) is 19.9 Å². The molecule has 1 aliphatic rings. The van der Waals surface area contributed by atoms with E-state index in [9.17, 15) is 9.59 Å². The lowest BCUT2D eigenvalue weighted by molar-refractivity contribution is 0.0612. The molecule has 0 aliphatic carbocycles. The highest BCUT2D eigenvalue weighted by atomic mass is 16.5. The minimum Gasteiger partial charge on any atom is -0.493 e. The predicted molar refractivity (Wildman–Crippen MR) is 183 cm³/mol. The first kappa shape index (κ1) is 31.7. The van der Waals surface area contributed by atoms with Crippen molar-refractivity contribution in [3.63, 3.8) is 0 Å². The highest BCUT2D eigenvalue weighted by Crippen LogP contribution is 2.35. The summed E-state index contributed by atoms with van der Waals surface area (Å²) in [6, 6.07) is 19.0. The smallest absolute Gasteiger partial charge is 0.201 e. The van der Waals surface area contributed by atoms with Crippen LogP contribution in [0.5, 0.6) is 11.5 Å². The quantitative estimate of drug-likeness (QED) is 0.176. The van der Waals surface area contributed by atoms with Crippen molar-refractivity contribution in [3.8, 4) is 45.0 Å². The average molecular weight is 631 g/mol. The fraction of sp³-hybridized carbons (Fsp3) is 0.263. The largest absolute Gasteiger partial charge is 0.493 e. The molecule has 0 atom stereocenters. The van der Waals surface area contributed by atoms with Gasteiger partial charge in [-0.3, -0.25) is 14.6 Å². The maximum Gasteiger partial charge on any atom is 0.201 e. The molecule has 6 rings (SSSR count). The molecule has 4 heterocycles. The topological polar surface area (TPSA) is 119 Å². The molecule has 3 aromatic heterocycles. The van der Waals surface area contributed by atoms with E-state index in [-0.39, 0.29) is 23.2 Å². The summed E-state index contributed by atoms with van der Waals surface area (Å²) in [6.07, 6.45) is 8.96. The van der Waals surface area contributed by atoms with Crippen LogP contribution in [0.2, 0.25) is 0 Å². The molecule has 0 saturated carbocycles. The third kappa shape index (κ3) is 7.10. The Bertz CT molecular complexity index is 1950. The molecule has 2 aromatic carbocycles. The molecule has 0 radical (unpaired) electrons. The average Bonchev–Trinajstić information content (AvgIpc) is 3.10. The van der Waals surface area contributed by atoms with Crippen molar-refractivity contribution in [2.75, 3.05) is 33.2 Å².